The van der Waals surface area contributed by atoms with Gasteiger partial charge in [0.05, 0.1) is 29.2 Å². The molecule has 0 aromatic heterocycles. The minimum Gasteiger partial charge on any atom is -0.390 e. The van der Waals surface area contributed by atoms with E-state index < -0.39 is 41.9 Å². The molecule has 6 N–H and O–H groups in total. The topological polar surface area (TPSA) is 162 Å². The summed E-state index contributed by atoms with van der Waals surface area (Å²) < 4.78 is 0. The number of nitrogens with two attached hydrogens (primary N) is 1. The van der Waals surface area contributed by atoms with Gasteiger partial charge in [0.15, 0.2) is 0 Å². The Kier molecular flexibility index (Phi) is 14.5. The van der Waals surface area contributed by atoms with Crippen LogP contribution in [0.2, 0.25) is 0 Å². The van der Waals surface area contributed by atoms with E-state index in [0.29, 0.717) is 19.6 Å². The van der Waals surface area contributed by atoms with Gasteiger partial charge < -0.3 is 31.5 Å². The maximum absolute atomic E-state index is 13.8. The Balaban J connectivity index is 2.49. The molecule has 4 amide bonds. The summed E-state index contributed by atoms with van der Waals surface area (Å²) in [5, 5.41) is 28.5. The van der Waals surface area contributed by atoms with Gasteiger partial charge in [-0.3, -0.25) is 19.2 Å². The van der Waals surface area contributed by atoms with Crippen LogP contribution >= 0.6 is 0 Å². The number of carbonyl (C=O) groups excluding carboxylic acids is 4. The summed E-state index contributed by atoms with van der Waals surface area (Å²) in [6.07, 6.45) is -1.44. The van der Waals surface area contributed by atoms with E-state index in [1.54, 1.807) is 18.7 Å². The molecule has 0 unspecified atom stereocenters. The second-order valence-corrected chi connectivity index (χ2v) is 12.1. The lowest BCUT2D eigenvalue weighted by Gasteiger charge is -2.34. The first-order valence-corrected chi connectivity index (χ1v) is 15.5. The number of nitrogens with one attached hydrogen (secondary N) is 2. The van der Waals surface area contributed by atoms with Crippen LogP contribution in [0.15, 0.2) is 48.5 Å². The van der Waals surface area contributed by atoms with Crippen molar-refractivity contribution in [1.82, 2.24) is 15.5 Å². The third kappa shape index (κ3) is 10.2. The van der Waals surface area contributed by atoms with E-state index >= 15 is 0 Å². The number of hydrogen-bond donors (Lipinski definition) is 5. The number of primary amides is 1. The van der Waals surface area contributed by atoms with Gasteiger partial charge >= 0.3 is 0 Å². The molecule has 242 valence electrons. The van der Waals surface area contributed by atoms with Gasteiger partial charge in [-0.1, -0.05) is 71.9 Å². The van der Waals surface area contributed by atoms with Crippen molar-refractivity contribution in [3.63, 3.8) is 0 Å². The SMILES string of the molecule is CCCN(CCC)C(=O)c1ccc(C(N)=O)c(C(=O)N[C@@H](Cc2ccccc2)[C@@H](O)[C@H](O)[C@H](C(=O)NCC(C)C)C(C)C)c1. The van der Waals surface area contributed by atoms with Gasteiger partial charge in [0, 0.05) is 25.2 Å². The molecular formula is C34H50N4O6. The lowest BCUT2D eigenvalue weighted by molar-refractivity contribution is -0.135. The Labute approximate surface area is 261 Å². The van der Waals surface area contributed by atoms with Crippen LogP contribution in [0.25, 0.3) is 0 Å². The third-order valence-corrected chi connectivity index (χ3v) is 7.50. The van der Waals surface area contributed by atoms with Gasteiger partial charge in [0.25, 0.3) is 11.8 Å². The predicted octanol–water partition coefficient (Wildman–Crippen LogP) is 3.16. The molecule has 0 bridgehead atoms. The second kappa shape index (κ2) is 17.5. The molecule has 0 radical (unpaired) electrons. The number of amides is 4. The molecule has 10 heteroatoms. The molecule has 44 heavy (non-hydrogen) atoms. The summed E-state index contributed by atoms with van der Waals surface area (Å²) in [6.45, 7) is 12.9. The fourth-order valence-electron chi connectivity index (χ4n) is 5.21. The summed E-state index contributed by atoms with van der Waals surface area (Å²) in [7, 11) is 0. The van der Waals surface area contributed by atoms with Gasteiger partial charge in [-0.05, 0) is 54.9 Å². The Hall–Kier alpha value is -3.76. The first-order valence-electron chi connectivity index (χ1n) is 15.5. The summed E-state index contributed by atoms with van der Waals surface area (Å²) >= 11 is 0. The number of benzene rings is 2. The summed E-state index contributed by atoms with van der Waals surface area (Å²) in [5.41, 5.74) is 6.39. The minimum atomic E-state index is -1.55. The Morgan fingerprint density at radius 1 is 0.864 bits per heavy atom. The second-order valence-electron chi connectivity index (χ2n) is 12.1. The molecule has 0 saturated carbocycles. The first-order chi connectivity index (χ1) is 20.8. The van der Waals surface area contributed by atoms with E-state index in [2.05, 4.69) is 10.6 Å². The first kappa shape index (κ1) is 36.4. The Morgan fingerprint density at radius 2 is 1.48 bits per heavy atom. The average molecular weight is 611 g/mol. The monoisotopic (exact) mass is 610 g/mol. The molecule has 10 nitrogen and oxygen atoms in total. The van der Waals surface area contributed by atoms with E-state index in [4.69, 9.17) is 5.73 Å². The maximum Gasteiger partial charge on any atom is 0.253 e. The van der Waals surface area contributed by atoms with Crippen molar-refractivity contribution in [2.75, 3.05) is 19.6 Å². The highest BCUT2D eigenvalue weighted by molar-refractivity contribution is 6.08. The van der Waals surface area contributed by atoms with Crippen LogP contribution in [-0.4, -0.2) is 76.6 Å². The molecule has 0 heterocycles. The van der Waals surface area contributed by atoms with Crippen molar-refractivity contribution in [3.05, 3.63) is 70.8 Å². The van der Waals surface area contributed by atoms with E-state index in [9.17, 15) is 29.4 Å². The standard InChI is InChI=1S/C34H50N4O6/c1-7-16-38(17-8-2)34(44)24-14-15-25(31(35)41)26(19-24)32(42)37-27(18-23-12-10-9-11-13-23)29(39)30(40)28(22(5)6)33(43)36-20-21(3)4/h9-15,19,21-22,27-30,39-40H,7-8,16-18,20H2,1-6H3,(H2,35,41)(H,36,43)(H,37,42)/t27-,28+,29+,30+/m0/s1. The van der Waals surface area contributed by atoms with Crippen LogP contribution in [0.5, 0.6) is 0 Å². The highest BCUT2D eigenvalue weighted by Crippen LogP contribution is 2.23. The van der Waals surface area contributed by atoms with E-state index in [1.807, 2.05) is 58.0 Å². The fraction of sp³-hybridized carbons (Fsp3) is 0.529. The van der Waals surface area contributed by atoms with Crippen LogP contribution in [0.3, 0.4) is 0 Å². The Bertz CT molecular complexity index is 1240. The van der Waals surface area contributed by atoms with Crippen molar-refractivity contribution >= 4 is 23.6 Å². The van der Waals surface area contributed by atoms with Crippen molar-refractivity contribution in [2.45, 2.75) is 79.1 Å². The quantitative estimate of drug-likeness (QED) is 0.185. The van der Waals surface area contributed by atoms with Gasteiger partial charge in [0.2, 0.25) is 11.8 Å². The van der Waals surface area contributed by atoms with Crippen LogP contribution < -0.4 is 16.4 Å². The van der Waals surface area contributed by atoms with E-state index in [-0.39, 0.29) is 40.9 Å². The molecule has 0 spiro atoms. The molecule has 0 aliphatic carbocycles. The molecule has 0 fully saturated rings. The van der Waals surface area contributed by atoms with Crippen LogP contribution in [0, 0.1) is 17.8 Å². The number of nitrogens with zero attached hydrogens (tertiary/aromatic N) is 1. The molecule has 0 saturated heterocycles. The van der Waals surface area contributed by atoms with Crippen LogP contribution in [0.4, 0.5) is 0 Å². The lowest BCUT2D eigenvalue weighted by atomic mass is 9.83. The highest BCUT2D eigenvalue weighted by Gasteiger charge is 2.39. The van der Waals surface area contributed by atoms with Crippen molar-refractivity contribution in [2.24, 2.45) is 23.5 Å². The van der Waals surface area contributed by atoms with Gasteiger partial charge in [-0.15, -0.1) is 0 Å². The summed E-state index contributed by atoms with van der Waals surface area (Å²) in [5.74, 6) is -3.35. The molecule has 2 aromatic rings. The summed E-state index contributed by atoms with van der Waals surface area (Å²) in [4.78, 5) is 54.2. The highest BCUT2D eigenvalue weighted by atomic mass is 16.3. The Morgan fingerprint density at radius 3 is 2.00 bits per heavy atom. The van der Waals surface area contributed by atoms with E-state index in [1.165, 1.54) is 18.2 Å². The average Bonchev–Trinajstić information content (AvgIpc) is 2.98. The number of hydrogen-bond acceptors (Lipinski definition) is 6. The number of aliphatic hydroxyl groups excluding tert-OH is 2. The van der Waals surface area contributed by atoms with Crippen molar-refractivity contribution in [3.8, 4) is 0 Å². The lowest BCUT2D eigenvalue weighted by Crippen LogP contribution is -2.55. The normalized spacial score (nSPS) is 14.0. The summed E-state index contributed by atoms with van der Waals surface area (Å²) in [6, 6.07) is 12.2. The van der Waals surface area contributed by atoms with E-state index in [0.717, 1.165) is 18.4 Å². The predicted molar refractivity (Wildman–Crippen MR) is 171 cm³/mol. The van der Waals surface area contributed by atoms with Gasteiger partial charge in [-0.25, -0.2) is 0 Å². The smallest absolute Gasteiger partial charge is 0.253 e. The molecule has 0 aliphatic heterocycles. The molecule has 4 atom stereocenters. The number of rotatable bonds is 17. The van der Waals surface area contributed by atoms with Crippen LogP contribution in [-0.2, 0) is 11.2 Å². The minimum absolute atomic E-state index is 0.0850. The number of aliphatic hydroxyl groups is 2. The molecular weight excluding hydrogens is 560 g/mol. The van der Waals surface area contributed by atoms with Crippen LogP contribution in [0.1, 0.15) is 91.0 Å². The fourth-order valence-corrected chi connectivity index (χ4v) is 5.21. The van der Waals surface area contributed by atoms with Gasteiger partial charge in [0.1, 0.15) is 6.10 Å². The zero-order chi connectivity index (χ0) is 33.0. The maximum atomic E-state index is 13.8. The van der Waals surface area contributed by atoms with Crippen molar-refractivity contribution < 1.29 is 29.4 Å². The zero-order valence-corrected chi connectivity index (χ0v) is 26.9. The molecule has 0 aliphatic rings. The molecule has 2 aromatic carbocycles. The molecule has 2 rings (SSSR count). The zero-order valence-electron chi connectivity index (χ0n) is 26.9. The largest absolute Gasteiger partial charge is 0.390 e. The van der Waals surface area contributed by atoms with Crippen molar-refractivity contribution in [1.29, 1.82) is 0 Å². The van der Waals surface area contributed by atoms with Gasteiger partial charge in [-0.2, -0.15) is 0 Å². The number of carbonyl (C=O) groups is 4. The third-order valence-electron chi connectivity index (χ3n) is 7.50.